The molecule has 21 heavy (non-hydrogen) atoms. The van der Waals surface area contributed by atoms with Crippen LogP contribution in [0, 0.1) is 0 Å². The van der Waals surface area contributed by atoms with E-state index in [-0.39, 0.29) is 5.78 Å². The SMILES string of the molecule is CC(=O)c1ccc(-c2ccc(-c3ccncc3)cc2)cc1. The Balaban J connectivity index is 1.89. The summed E-state index contributed by atoms with van der Waals surface area (Å²) in [5, 5.41) is 0. The first-order chi connectivity index (χ1) is 10.2. The third-order valence-electron chi connectivity index (χ3n) is 3.52. The fourth-order valence-corrected chi connectivity index (χ4v) is 2.30. The van der Waals surface area contributed by atoms with Crippen LogP contribution in [-0.4, -0.2) is 10.8 Å². The van der Waals surface area contributed by atoms with Crippen LogP contribution in [0.2, 0.25) is 0 Å². The number of aromatic nitrogens is 1. The first-order valence-electron chi connectivity index (χ1n) is 6.86. The van der Waals surface area contributed by atoms with Crippen molar-refractivity contribution in [3.63, 3.8) is 0 Å². The lowest BCUT2D eigenvalue weighted by atomic mass is 9.99. The molecule has 0 N–H and O–H groups in total. The number of pyridine rings is 1. The largest absolute Gasteiger partial charge is 0.295 e. The Morgan fingerprint density at radius 2 is 1.05 bits per heavy atom. The molecular weight excluding hydrogens is 258 g/mol. The fraction of sp³-hybridized carbons (Fsp3) is 0.0526. The van der Waals surface area contributed by atoms with Crippen LogP contribution in [0.1, 0.15) is 17.3 Å². The normalized spacial score (nSPS) is 10.3. The molecule has 102 valence electrons. The minimum Gasteiger partial charge on any atom is -0.295 e. The highest BCUT2D eigenvalue weighted by Crippen LogP contribution is 2.24. The van der Waals surface area contributed by atoms with Crippen molar-refractivity contribution in [2.24, 2.45) is 0 Å². The maximum absolute atomic E-state index is 11.3. The van der Waals surface area contributed by atoms with E-state index in [9.17, 15) is 4.79 Å². The molecule has 2 aromatic carbocycles. The molecule has 0 radical (unpaired) electrons. The summed E-state index contributed by atoms with van der Waals surface area (Å²) < 4.78 is 0. The van der Waals surface area contributed by atoms with Gasteiger partial charge in [0.25, 0.3) is 0 Å². The topological polar surface area (TPSA) is 30.0 Å². The number of benzene rings is 2. The molecule has 0 saturated carbocycles. The van der Waals surface area contributed by atoms with Gasteiger partial charge in [-0.05, 0) is 41.3 Å². The summed E-state index contributed by atoms with van der Waals surface area (Å²) in [6.07, 6.45) is 3.59. The number of ketones is 1. The summed E-state index contributed by atoms with van der Waals surface area (Å²) in [5.74, 6) is 0.0922. The van der Waals surface area contributed by atoms with Gasteiger partial charge in [0.15, 0.2) is 5.78 Å². The highest BCUT2D eigenvalue weighted by atomic mass is 16.1. The fourth-order valence-electron chi connectivity index (χ4n) is 2.30. The molecule has 2 heteroatoms. The molecular formula is C19H15NO. The van der Waals surface area contributed by atoms with Crippen molar-refractivity contribution in [1.82, 2.24) is 4.98 Å². The second-order valence-corrected chi connectivity index (χ2v) is 4.95. The average Bonchev–Trinajstić information content (AvgIpc) is 2.56. The van der Waals surface area contributed by atoms with E-state index in [4.69, 9.17) is 0 Å². The van der Waals surface area contributed by atoms with Crippen molar-refractivity contribution in [2.75, 3.05) is 0 Å². The lowest BCUT2D eigenvalue weighted by Gasteiger charge is -2.05. The maximum atomic E-state index is 11.3. The Morgan fingerprint density at radius 3 is 1.48 bits per heavy atom. The molecule has 0 saturated heterocycles. The van der Waals surface area contributed by atoms with Gasteiger partial charge in [-0.1, -0.05) is 48.5 Å². The standard InChI is InChI=1S/C19H15NO/c1-14(21)15-2-4-16(5-3-15)17-6-8-18(9-7-17)19-10-12-20-13-11-19/h2-13H,1H3. The molecule has 0 amide bonds. The van der Waals surface area contributed by atoms with Crippen LogP contribution < -0.4 is 0 Å². The van der Waals surface area contributed by atoms with Gasteiger partial charge in [0.05, 0.1) is 0 Å². The number of nitrogens with zero attached hydrogens (tertiary/aromatic N) is 1. The molecule has 3 aromatic rings. The number of rotatable bonds is 3. The van der Waals surface area contributed by atoms with Gasteiger partial charge >= 0.3 is 0 Å². The van der Waals surface area contributed by atoms with Crippen LogP contribution in [0.4, 0.5) is 0 Å². The number of hydrogen-bond acceptors (Lipinski definition) is 2. The predicted octanol–water partition coefficient (Wildman–Crippen LogP) is 4.62. The van der Waals surface area contributed by atoms with Gasteiger partial charge in [-0.25, -0.2) is 0 Å². The van der Waals surface area contributed by atoms with Crippen LogP contribution in [-0.2, 0) is 0 Å². The summed E-state index contributed by atoms with van der Waals surface area (Å²) in [6, 6.07) is 20.1. The third kappa shape index (κ3) is 2.90. The lowest BCUT2D eigenvalue weighted by molar-refractivity contribution is 0.101. The van der Waals surface area contributed by atoms with Crippen LogP contribution in [0.25, 0.3) is 22.3 Å². The number of Topliss-reactive ketones (excluding diaryl/α,β-unsaturated/α-hetero) is 1. The van der Waals surface area contributed by atoms with E-state index in [1.165, 1.54) is 5.56 Å². The lowest BCUT2D eigenvalue weighted by Crippen LogP contribution is -1.90. The van der Waals surface area contributed by atoms with Crippen LogP contribution >= 0.6 is 0 Å². The molecule has 0 unspecified atom stereocenters. The monoisotopic (exact) mass is 273 g/mol. The molecule has 0 bridgehead atoms. The van der Waals surface area contributed by atoms with Gasteiger partial charge < -0.3 is 0 Å². The molecule has 0 atom stereocenters. The van der Waals surface area contributed by atoms with E-state index in [1.54, 1.807) is 19.3 Å². The van der Waals surface area contributed by atoms with Crippen LogP contribution in [0.5, 0.6) is 0 Å². The minimum absolute atomic E-state index is 0.0922. The smallest absolute Gasteiger partial charge is 0.159 e. The van der Waals surface area contributed by atoms with Crippen molar-refractivity contribution in [3.05, 3.63) is 78.6 Å². The van der Waals surface area contributed by atoms with E-state index >= 15 is 0 Å². The number of carbonyl (C=O) groups excluding carboxylic acids is 1. The second-order valence-electron chi connectivity index (χ2n) is 4.95. The Hall–Kier alpha value is -2.74. The summed E-state index contributed by atoms with van der Waals surface area (Å²) in [5.41, 5.74) is 5.32. The van der Waals surface area contributed by atoms with Gasteiger partial charge in [0.1, 0.15) is 0 Å². The molecule has 1 heterocycles. The van der Waals surface area contributed by atoms with E-state index in [0.29, 0.717) is 0 Å². The van der Waals surface area contributed by atoms with Crippen LogP contribution in [0.3, 0.4) is 0 Å². The van der Waals surface area contributed by atoms with Crippen molar-refractivity contribution in [2.45, 2.75) is 6.92 Å². The molecule has 0 aliphatic rings. The number of hydrogen-bond donors (Lipinski definition) is 0. The minimum atomic E-state index is 0.0922. The van der Waals surface area contributed by atoms with Crippen molar-refractivity contribution < 1.29 is 4.79 Å². The zero-order chi connectivity index (χ0) is 14.7. The summed E-state index contributed by atoms with van der Waals surface area (Å²) in [6.45, 7) is 1.58. The molecule has 2 nitrogen and oxygen atoms in total. The Kier molecular flexibility index (Phi) is 3.61. The van der Waals surface area contributed by atoms with E-state index in [0.717, 1.165) is 22.3 Å². The Bertz CT molecular complexity index is 744. The van der Waals surface area contributed by atoms with Gasteiger partial charge in [-0.15, -0.1) is 0 Å². The van der Waals surface area contributed by atoms with Gasteiger partial charge in [0.2, 0.25) is 0 Å². The van der Waals surface area contributed by atoms with E-state index in [2.05, 4.69) is 29.2 Å². The van der Waals surface area contributed by atoms with Crippen LogP contribution in [0.15, 0.2) is 73.1 Å². The second kappa shape index (κ2) is 5.71. The highest BCUT2D eigenvalue weighted by molar-refractivity contribution is 5.94. The molecule has 3 rings (SSSR count). The summed E-state index contributed by atoms with van der Waals surface area (Å²) >= 11 is 0. The van der Waals surface area contributed by atoms with Gasteiger partial charge in [-0.2, -0.15) is 0 Å². The predicted molar refractivity (Wildman–Crippen MR) is 85.1 cm³/mol. The first kappa shape index (κ1) is 13.3. The molecule has 0 spiro atoms. The zero-order valence-electron chi connectivity index (χ0n) is 11.8. The third-order valence-corrected chi connectivity index (χ3v) is 3.52. The van der Waals surface area contributed by atoms with Gasteiger partial charge in [-0.3, -0.25) is 9.78 Å². The quantitative estimate of drug-likeness (QED) is 0.652. The van der Waals surface area contributed by atoms with E-state index in [1.807, 2.05) is 36.4 Å². The van der Waals surface area contributed by atoms with Crippen molar-refractivity contribution in [3.8, 4) is 22.3 Å². The summed E-state index contributed by atoms with van der Waals surface area (Å²) in [4.78, 5) is 15.3. The Morgan fingerprint density at radius 1 is 0.667 bits per heavy atom. The molecule has 0 aliphatic carbocycles. The Labute approximate surface area is 124 Å². The molecule has 0 aliphatic heterocycles. The average molecular weight is 273 g/mol. The maximum Gasteiger partial charge on any atom is 0.159 e. The first-order valence-corrected chi connectivity index (χ1v) is 6.86. The number of carbonyl (C=O) groups is 1. The van der Waals surface area contributed by atoms with Crippen molar-refractivity contribution >= 4 is 5.78 Å². The van der Waals surface area contributed by atoms with Crippen molar-refractivity contribution in [1.29, 1.82) is 0 Å². The molecule has 0 fully saturated rings. The molecule has 1 aromatic heterocycles. The van der Waals surface area contributed by atoms with E-state index < -0.39 is 0 Å². The summed E-state index contributed by atoms with van der Waals surface area (Å²) in [7, 11) is 0. The highest BCUT2D eigenvalue weighted by Gasteiger charge is 2.02. The van der Waals surface area contributed by atoms with Gasteiger partial charge in [0, 0.05) is 18.0 Å². The zero-order valence-corrected chi connectivity index (χ0v) is 11.8.